The minimum absolute atomic E-state index is 0.138. The molecule has 0 spiro atoms. The van der Waals surface area contributed by atoms with Crippen LogP contribution in [0.25, 0.3) is 0 Å². The first-order valence-corrected chi connectivity index (χ1v) is 6.36. The number of nitrogens with one attached hydrogen (secondary N) is 1. The number of benzene rings is 1. The SMILES string of the molecule is O=C(NCCCCn1ccnc1)c1ccc(F)cc1F. The average molecular weight is 279 g/mol. The second kappa shape index (κ2) is 6.79. The van der Waals surface area contributed by atoms with Gasteiger partial charge in [-0.15, -0.1) is 0 Å². The lowest BCUT2D eigenvalue weighted by Crippen LogP contribution is -2.25. The third-order valence-electron chi connectivity index (χ3n) is 2.86. The van der Waals surface area contributed by atoms with Crippen LogP contribution < -0.4 is 5.32 Å². The van der Waals surface area contributed by atoms with E-state index in [9.17, 15) is 13.6 Å². The maximum absolute atomic E-state index is 13.4. The van der Waals surface area contributed by atoms with Crippen molar-refractivity contribution < 1.29 is 13.6 Å². The molecule has 1 N–H and O–H groups in total. The highest BCUT2D eigenvalue weighted by Gasteiger charge is 2.11. The number of unbranched alkanes of at least 4 members (excludes halogenated alkanes) is 1. The Morgan fingerprint density at radius 1 is 1.30 bits per heavy atom. The number of carbonyl (C=O) groups excluding carboxylic acids is 1. The van der Waals surface area contributed by atoms with Crippen LogP contribution in [-0.2, 0) is 6.54 Å². The van der Waals surface area contributed by atoms with Crippen LogP contribution in [0, 0.1) is 11.6 Å². The summed E-state index contributed by atoms with van der Waals surface area (Å²) in [7, 11) is 0. The Balaban J connectivity index is 1.72. The highest BCUT2D eigenvalue weighted by molar-refractivity contribution is 5.94. The van der Waals surface area contributed by atoms with Gasteiger partial charge in [-0.25, -0.2) is 13.8 Å². The fraction of sp³-hybridized carbons (Fsp3) is 0.286. The van der Waals surface area contributed by atoms with Gasteiger partial charge in [-0.2, -0.15) is 0 Å². The quantitative estimate of drug-likeness (QED) is 0.825. The van der Waals surface area contributed by atoms with E-state index in [0.717, 1.165) is 31.5 Å². The Bertz CT molecular complexity index is 570. The Morgan fingerprint density at radius 3 is 2.85 bits per heavy atom. The van der Waals surface area contributed by atoms with Crippen molar-refractivity contribution in [2.45, 2.75) is 19.4 Å². The van der Waals surface area contributed by atoms with Gasteiger partial charge < -0.3 is 9.88 Å². The molecule has 20 heavy (non-hydrogen) atoms. The molecule has 0 bridgehead atoms. The van der Waals surface area contributed by atoms with E-state index < -0.39 is 17.5 Å². The van der Waals surface area contributed by atoms with Gasteiger partial charge >= 0.3 is 0 Å². The monoisotopic (exact) mass is 279 g/mol. The van der Waals surface area contributed by atoms with E-state index in [0.29, 0.717) is 12.6 Å². The Labute approximate surface area is 115 Å². The predicted octanol–water partition coefficient (Wildman–Crippen LogP) is 2.37. The molecule has 1 aromatic heterocycles. The molecule has 0 fully saturated rings. The van der Waals surface area contributed by atoms with E-state index in [1.165, 1.54) is 0 Å². The van der Waals surface area contributed by atoms with Crippen LogP contribution >= 0.6 is 0 Å². The van der Waals surface area contributed by atoms with Crippen molar-refractivity contribution in [2.24, 2.45) is 0 Å². The van der Waals surface area contributed by atoms with Gasteiger partial charge in [-0.05, 0) is 25.0 Å². The first kappa shape index (κ1) is 14.2. The van der Waals surface area contributed by atoms with Gasteiger partial charge in [0.25, 0.3) is 5.91 Å². The van der Waals surface area contributed by atoms with Crippen LogP contribution in [0.3, 0.4) is 0 Å². The molecular formula is C14H15F2N3O. The molecule has 2 aromatic rings. The second-order valence-electron chi connectivity index (χ2n) is 4.39. The number of carbonyl (C=O) groups is 1. The molecule has 0 saturated carbocycles. The maximum Gasteiger partial charge on any atom is 0.254 e. The third kappa shape index (κ3) is 3.88. The largest absolute Gasteiger partial charge is 0.352 e. The lowest BCUT2D eigenvalue weighted by atomic mass is 10.2. The number of amides is 1. The third-order valence-corrected chi connectivity index (χ3v) is 2.86. The number of hydrogen-bond donors (Lipinski definition) is 1. The van der Waals surface area contributed by atoms with Gasteiger partial charge in [-0.3, -0.25) is 4.79 Å². The summed E-state index contributed by atoms with van der Waals surface area (Å²) >= 11 is 0. The highest BCUT2D eigenvalue weighted by atomic mass is 19.1. The minimum Gasteiger partial charge on any atom is -0.352 e. The number of aromatic nitrogens is 2. The van der Waals surface area contributed by atoms with Gasteiger partial charge in [-0.1, -0.05) is 0 Å². The van der Waals surface area contributed by atoms with Gasteiger partial charge in [0.2, 0.25) is 0 Å². The Kier molecular flexibility index (Phi) is 4.81. The molecule has 0 radical (unpaired) electrons. The smallest absolute Gasteiger partial charge is 0.254 e. The molecule has 1 heterocycles. The van der Waals surface area contributed by atoms with E-state index in [1.807, 2.05) is 10.8 Å². The summed E-state index contributed by atoms with van der Waals surface area (Å²) in [6, 6.07) is 2.91. The first-order chi connectivity index (χ1) is 9.66. The number of nitrogens with zero attached hydrogens (tertiary/aromatic N) is 2. The topological polar surface area (TPSA) is 46.9 Å². The molecule has 2 rings (SSSR count). The summed E-state index contributed by atoms with van der Waals surface area (Å²) in [6.45, 7) is 1.27. The van der Waals surface area contributed by atoms with Crippen LogP contribution in [0.4, 0.5) is 8.78 Å². The molecule has 6 heteroatoms. The molecule has 0 saturated heterocycles. The van der Waals surface area contributed by atoms with Gasteiger partial charge in [0, 0.05) is 31.5 Å². The molecule has 106 valence electrons. The molecule has 0 aliphatic carbocycles. The average Bonchev–Trinajstić information content (AvgIpc) is 2.91. The van der Waals surface area contributed by atoms with E-state index in [-0.39, 0.29) is 5.56 Å². The van der Waals surface area contributed by atoms with Crippen molar-refractivity contribution in [1.82, 2.24) is 14.9 Å². The van der Waals surface area contributed by atoms with Crippen LogP contribution in [-0.4, -0.2) is 22.0 Å². The van der Waals surface area contributed by atoms with Crippen molar-refractivity contribution >= 4 is 5.91 Å². The molecule has 4 nitrogen and oxygen atoms in total. The molecular weight excluding hydrogens is 264 g/mol. The fourth-order valence-corrected chi connectivity index (χ4v) is 1.81. The van der Waals surface area contributed by atoms with E-state index in [4.69, 9.17) is 0 Å². The van der Waals surface area contributed by atoms with Crippen molar-refractivity contribution in [1.29, 1.82) is 0 Å². The molecule has 0 aliphatic heterocycles. The number of halogens is 2. The summed E-state index contributed by atoms with van der Waals surface area (Å²) in [5.74, 6) is -2.06. The van der Waals surface area contributed by atoms with Crippen molar-refractivity contribution in [2.75, 3.05) is 6.54 Å². The fourth-order valence-electron chi connectivity index (χ4n) is 1.81. The first-order valence-electron chi connectivity index (χ1n) is 6.36. The predicted molar refractivity (Wildman–Crippen MR) is 70.2 cm³/mol. The lowest BCUT2D eigenvalue weighted by molar-refractivity contribution is 0.0949. The standard InChI is InChI=1S/C14H15F2N3O/c15-11-3-4-12(13(16)9-11)14(20)18-5-1-2-7-19-8-6-17-10-19/h3-4,6,8-10H,1-2,5,7H2,(H,18,20). The zero-order valence-electron chi connectivity index (χ0n) is 10.9. The van der Waals surface area contributed by atoms with Crippen molar-refractivity contribution in [3.63, 3.8) is 0 Å². The minimum atomic E-state index is -0.846. The summed E-state index contributed by atoms with van der Waals surface area (Å²) < 4.78 is 28.0. The zero-order valence-corrected chi connectivity index (χ0v) is 10.9. The van der Waals surface area contributed by atoms with Crippen LogP contribution in [0.2, 0.25) is 0 Å². The number of hydrogen-bond acceptors (Lipinski definition) is 2. The van der Waals surface area contributed by atoms with Gasteiger partial charge in [0.05, 0.1) is 11.9 Å². The number of aryl methyl sites for hydroxylation is 1. The second-order valence-corrected chi connectivity index (χ2v) is 4.39. The van der Waals surface area contributed by atoms with Crippen LogP contribution in [0.1, 0.15) is 23.2 Å². The lowest BCUT2D eigenvalue weighted by Gasteiger charge is -2.06. The van der Waals surface area contributed by atoms with Crippen molar-refractivity contribution in [3.8, 4) is 0 Å². The summed E-state index contributed by atoms with van der Waals surface area (Å²) in [4.78, 5) is 15.6. The van der Waals surface area contributed by atoms with Gasteiger partial charge in [0.15, 0.2) is 0 Å². The summed E-state index contributed by atoms with van der Waals surface area (Å²) in [5, 5.41) is 2.61. The van der Waals surface area contributed by atoms with E-state index in [2.05, 4.69) is 10.3 Å². The maximum atomic E-state index is 13.4. The zero-order chi connectivity index (χ0) is 14.4. The van der Waals surface area contributed by atoms with Crippen LogP contribution in [0.5, 0.6) is 0 Å². The molecule has 0 atom stereocenters. The van der Waals surface area contributed by atoms with E-state index >= 15 is 0 Å². The van der Waals surface area contributed by atoms with Crippen LogP contribution in [0.15, 0.2) is 36.9 Å². The Hall–Kier alpha value is -2.24. The summed E-state index contributed by atoms with van der Waals surface area (Å²) in [5.41, 5.74) is -0.138. The number of rotatable bonds is 6. The molecule has 0 aliphatic rings. The van der Waals surface area contributed by atoms with Gasteiger partial charge in [0.1, 0.15) is 11.6 Å². The molecule has 1 aromatic carbocycles. The summed E-state index contributed by atoms with van der Waals surface area (Å²) in [6.07, 6.45) is 6.95. The molecule has 1 amide bonds. The van der Waals surface area contributed by atoms with Crippen molar-refractivity contribution in [3.05, 3.63) is 54.1 Å². The number of imidazole rings is 1. The Morgan fingerprint density at radius 2 is 2.15 bits per heavy atom. The molecule has 0 unspecified atom stereocenters. The normalized spacial score (nSPS) is 10.5. The van der Waals surface area contributed by atoms with E-state index in [1.54, 1.807) is 12.5 Å². The highest BCUT2D eigenvalue weighted by Crippen LogP contribution is 2.09.